The number of hydrogen-bond acceptors (Lipinski definition) is 4. The zero-order valence-corrected chi connectivity index (χ0v) is 7.38. The first-order chi connectivity index (χ1) is 6.57. The molecule has 0 aromatic heterocycles. The predicted molar refractivity (Wildman–Crippen MR) is 47.3 cm³/mol. The number of aliphatic carboxylic acids is 1. The van der Waals surface area contributed by atoms with Gasteiger partial charge in [0.05, 0.1) is 6.42 Å². The van der Waals surface area contributed by atoms with Crippen LogP contribution in [0.1, 0.15) is 6.42 Å². The number of carboxylic acids is 1. The highest BCUT2D eigenvalue weighted by Crippen LogP contribution is 1.87. The number of carbonyl (C=O) groups excluding carboxylic acids is 1. The van der Waals surface area contributed by atoms with Gasteiger partial charge in [-0.1, -0.05) is 5.11 Å². The standard InChI is InChI=1S/C6H11N5O3/c7-4(6(13)14)3-5(12)9-1-2-10-11-8/h4H,1-3,7H2,(H,9,12)(H,13,14)/t4-/m0/s1. The van der Waals surface area contributed by atoms with E-state index in [1.54, 1.807) is 0 Å². The van der Waals surface area contributed by atoms with Gasteiger partial charge in [-0.3, -0.25) is 9.59 Å². The second kappa shape index (κ2) is 6.70. The van der Waals surface area contributed by atoms with Crippen molar-refractivity contribution in [3.63, 3.8) is 0 Å². The molecule has 78 valence electrons. The Labute approximate surface area is 79.7 Å². The maximum absolute atomic E-state index is 10.9. The first kappa shape index (κ1) is 12.2. The van der Waals surface area contributed by atoms with Crippen LogP contribution in [-0.4, -0.2) is 36.1 Å². The van der Waals surface area contributed by atoms with Crippen molar-refractivity contribution in [1.82, 2.24) is 5.32 Å². The van der Waals surface area contributed by atoms with E-state index in [-0.39, 0.29) is 19.5 Å². The molecule has 14 heavy (non-hydrogen) atoms. The van der Waals surface area contributed by atoms with Crippen LogP contribution in [0.2, 0.25) is 0 Å². The number of carbonyl (C=O) groups is 2. The lowest BCUT2D eigenvalue weighted by Crippen LogP contribution is -2.37. The van der Waals surface area contributed by atoms with Crippen LogP contribution < -0.4 is 11.1 Å². The van der Waals surface area contributed by atoms with Crippen LogP contribution in [0.5, 0.6) is 0 Å². The van der Waals surface area contributed by atoms with E-state index in [9.17, 15) is 9.59 Å². The average molecular weight is 201 g/mol. The SMILES string of the molecule is [N-]=[N+]=NCCNC(=O)C[C@H](N)C(=O)O. The van der Waals surface area contributed by atoms with E-state index in [0.717, 1.165) is 0 Å². The molecule has 0 aliphatic rings. The molecule has 0 radical (unpaired) electrons. The fourth-order valence-corrected chi connectivity index (χ4v) is 0.649. The summed E-state index contributed by atoms with van der Waals surface area (Å²) < 4.78 is 0. The minimum absolute atomic E-state index is 0.130. The topological polar surface area (TPSA) is 141 Å². The van der Waals surface area contributed by atoms with E-state index in [1.165, 1.54) is 0 Å². The fourth-order valence-electron chi connectivity index (χ4n) is 0.649. The van der Waals surface area contributed by atoms with Gasteiger partial charge in [0.2, 0.25) is 5.91 Å². The third-order valence-electron chi connectivity index (χ3n) is 1.32. The Kier molecular flexibility index (Phi) is 5.84. The van der Waals surface area contributed by atoms with Crippen LogP contribution in [0.4, 0.5) is 0 Å². The Balaban J connectivity index is 3.65. The molecule has 4 N–H and O–H groups in total. The van der Waals surface area contributed by atoms with Crippen LogP contribution in [0.3, 0.4) is 0 Å². The zero-order valence-electron chi connectivity index (χ0n) is 7.38. The molecule has 0 aromatic carbocycles. The van der Waals surface area contributed by atoms with Crippen molar-refractivity contribution in [2.45, 2.75) is 12.5 Å². The minimum Gasteiger partial charge on any atom is -0.480 e. The lowest BCUT2D eigenvalue weighted by molar-refractivity contribution is -0.140. The maximum atomic E-state index is 10.9. The van der Waals surface area contributed by atoms with Gasteiger partial charge in [-0.05, 0) is 5.53 Å². The van der Waals surface area contributed by atoms with E-state index in [0.29, 0.717) is 0 Å². The molecule has 1 atom stereocenters. The fraction of sp³-hybridized carbons (Fsp3) is 0.667. The highest BCUT2D eigenvalue weighted by Gasteiger charge is 2.15. The summed E-state index contributed by atoms with van der Waals surface area (Å²) in [6.45, 7) is 0.305. The molecule has 0 bridgehead atoms. The lowest BCUT2D eigenvalue weighted by atomic mass is 10.2. The van der Waals surface area contributed by atoms with E-state index >= 15 is 0 Å². The highest BCUT2D eigenvalue weighted by molar-refractivity contribution is 5.84. The number of amides is 1. The van der Waals surface area contributed by atoms with Gasteiger partial charge in [-0.15, -0.1) is 0 Å². The molecule has 0 saturated carbocycles. The summed E-state index contributed by atoms with van der Waals surface area (Å²) in [6.07, 6.45) is -0.286. The Morgan fingerprint density at radius 1 is 1.64 bits per heavy atom. The number of nitrogens with two attached hydrogens (primary N) is 1. The minimum atomic E-state index is -1.23. The summed E-state index contributed by atoms with van der Waals surface area (Å²) in [5, 5.41) is 13.9. The summed E-state index contributed by atoms with van der Waals surface area (Å²) in [5.74, 6) is -1.71. The average Bonchev–Trinajstić information content (AvgIpc) is 2.12. The summed E-state index contributed by atoms with van der Waals surface area (Å²) in [7, 11) is 0. The molecule has 8 heteroatoms. The lowest BCUT2D eigenvalue weighted by Gasteiger charge is -2.05. The Hall–Kier alpha value is -1.79. The third kappa shape index (κ3) is 5.81. The second-order valence-electron chi connectivity index (χ2n) is 2.45. The van der Waals surface area contributed by atoms with Gasteiger partial charge in [0.25, 0.3) is 0 Å². The van der Waals surface area contributed by atoms with Gasteiger partial charge < -0.3 is 16.2 Å². The smallest absolute Gasteiger partial charge is 0.321 e. The number of nitrogens with one attached hydrogen (secondary N) is 1. The van der Waals surface area contributed by atoms with E-state index in [2.05, 4.69) is 15.3 Å². The molecule has 0 aliphatic heterocycles. The van der Waals surface area contributed by atoms with Gasteiger partial charge in [0, 0.05) is 18.0 Å². The molecule has 0 aromatic rings. The normalized spacial score (nSPS) is 11.2. The molecule has 1 amide bonds. The summed E-state index contributed by atoms with van der Waals surface area (Å²) >= 11 is 0. The molecule has 8 nitrogen and oxygen atoms in total. The second-order valence-corrected chi connectivity index (χ2v) is 2.45. The van der Waals surface area contributed by atoms with Crippen LogP contribution in [-0.2, 0) is 9.59 Å². The molecular weight excluding hydrogens is 190 g/mol. The molecule has 0 spiro atoms. The van der Waals surface area contributed by atoms with Crippen LogP contribution in [0, 0.1) is 0 Å². The van der Waals surface area contributed by atoms with Gasteiger partial charge in [0.15, 0.2) is 0 Å². The monoisotopic (exact) mass is 201 g/mol. The van der Waals surface area contributed by atoms with Crippen molar-refractivity contribution in [1.29, 1.82) is 0 Å². The number of nitrogens with zero attached hydrogens (tertiary/aromatic N) is 3. The van der Waals surface area contributed by atoms with Gasteiger partial charge in [-0.2, -0.15) is 0 Å². The van der Waals surface area contributed by atoms with Gasteiger partial charge in [-0.25, -0.2) is 0 Å². The first-order valence-corrected chi connectivity index (χ1v) is 3.84. The van der Waals surface area contributed by atoms with Crippen molar-refractivity contribution in [2.75, 3.05) is 13.1 Å². The van der Waals surface area contributed by atoms with Crippen LogP contribution in [0.25, 0.3) is 10.4 Å². The molecule has 0 saturated heterocycles. The Bertz CT molecular complexity index is 260. The number of hydrogen-bond donors (Lipinski definition) is 3. The van der Waals surface area contributed by atoms with Crippen molar-refractivity contribution < 1.29 is 14.7 Å². The number of rotatable bonds is 6. The zero-order chi connectivity index (χ0) is 11.0. The van der Waals surface area contributed by atoms with Gasteiger partial charge in [0.1, 0.15) is 6.04 Å². The van der Waals surface area contributed by atoms with Crippen molar-refractivity contribution in [3.05, 3.63) is 10.4 Å². The van der Waals surface area contributed by atoms with E-state index in [4.69, 9.17) is 16.4 Å². The molecule has 0 fully saturated rings. The van der Waals surface area contributed by atoms with Crippen molar-refractivity contribution >= 4 is 11.9 Å². The summed E-state index contributed by atoms with van der Waals surface area (Å²) in [5.41, 5.74) is 13.0. The summed E-state index contributed by atoms with van der Waals surface area (Å²) in [6, 6.07) is -1.20. The number of azide groups is 1. The molecule has 0 unspecified atom stereocenters. The van der Waals surface area contributed by atoms with Crippen LogP contribution >= 0.6 is 0 Å². The van der Waals surface area contributed by atoms with Gasteiger partial charge >= 0.3 is 5.97 Å². The largest absolute Gasteiger partial charge is 0.480 e. The van der Waals surface area contributed by atoms with E-state index in [1.807, 2.05) is 0 Å². The van der Waals surface area contributed by atoms with Crippen molar-refractivity contribution in [3.8, 4) is 0 Å². The van der Waals surface area contributed by atoms with E-state index < -0.39 is 17.9 Å². The number of carboxylic acid groups (broad SMARTS) is 1. The Morgan fingerprint density at radius 3 is 2.79 bits per heavy atom. The predicted octanol–water partition coefficient (Wildman–Crippen LogP) is -0.785. The Morgan fingerprint density at radius 2 is 2.29 bits per heavy atom. The first-order valence-electron chi connectivity index (χ1n) is 3.84. The third-order valence-corrected chi connectivity index (χ3v) is 1.32. The quantitative estimate of drug-likeness (QED) is 0.224. The van der Waals surface area contributed by atoms with Crippen molar-refractivity contribution in [2.24, 2.45) is 10.8 Å². The summed E-state index contributed by atoms with van der Waals surface area (Å²) in [4.78, 5) is 23.6. The maximum Gasteiger partial charge on any atom is 0.321 e. The molecule has 0 rings (SSSR count). The molecule has 0 heterocycles. The molecule has 0 aliphatic carbocycles. The molecular formula is C6H11N5O3. The van der Waals surface area contributed by atoms with Crippen LogP contribution in [0.15, 0.2) is 5.11 Å². The highest BCUT2D eigenvalue weighted by atomic mass is 16.4.